The summed E-state index contributed by atoms with van der Waals surface area (Å²) in [6.07, 6.45) is 3.07. The summed E-state index contributed by atoms with van der Waals surface area (Å²) in [5, 5.41) is 15.6. The molecule has 2 amide bonds. The van der Waals surface area contributed by atoms with E-state index in [2.05, 4.69) is 20.6 Å². The van der Waals surface area contributed by atoms with E-state index in [9.17, 15) is 9.59 Å². The fourth-order valence-corrected chi connectivity index (χ4v) is 4.66. The Morgan fingerprint density at radius 1 is 1.13 bits per heavy atom. The molecular formula is C22H30N6O3. The van der Waals surface area contributed by atoms with Crippen molar-refractivity contribution < 1.29 is 14.3 Å². The molecule has 2 aliphatic rings. The predicted molar refractivity (Wildman–Crippen MR) is 115 cm³/mol. The average molecular weight is 427 g/mol. The molecule has 0 radical (unpaired) electrons. The molecule has 1 saturated heterocycles. The summed E-state index contributed by atoms with van der Waals surface area (Å²) >= 11 is 0. The lowest BCUT2D eigenvalue weighted by Crippen LogP contribution is -2.36. The number of carbonyl (C=O) groups is 2. The Morgan fingerprint density at radius 3 is 2.32 bits per heavy atom. The van der Waals surface area contributed by atoms with Crippen LogP contribution in [-0.2, 0) is 16.6 Å². The van der Waals surface area contributed by atoms with Gasteiger partial charge >= 0.3 is 6.09 Å². The van der Waals surface area contributed by atoms with Crippen molar-refractivity contribution in [2.45, 2.75) is 46.1 Å². The number of fused-ring (bicyclic) bond motifs is 1. The van der Waals surface area contributed by atoms with Crippen LogP contribution in [0.2, 0.25) is 0 Å². The van der Waals surface area contributed by atoms with Crippen molar-refractivity contribution in [3.63, 3.8) is 0 Å². The molecule has 166 valence electrons. The minimum absolute atomic E-state index is 0.0306. The third-order valence-corrected chi connectivity index (χ3v) is 6.05. The second-order valence-electron chi connectivity index (χ2n) is 9.67. The fourth-order valence-electron chi connectivity index (χ4n) is 4.66. The SMILES string of the molecule is Cc1cnn(C)c1-c1ccc(NC(=O)C2CC3CN(C(=O)OC(C)(C)C)CC3C2)nn1. The molecule has 4 rings (SSSR count). The second-order valence-corrected chi connectivity index (χ2v) is 9.67. The molecule has 3 heterocycles. The standard InChI is InChI=1S/C22H30N6O3/c1-13-10-23-27(5)19(13)17-6-7-18(26-25-17)24-20(29)14-8-15-11-28(12-16(15)9-14)21(30)31-22(2,3)4/h6-7,10,14-16H,8-9,11-12H2,1-5H3,(H,24,26,29). The highest BCUT2D eigenvalue weighted by Crippen LogP contribution is 2.42. The van der Waals surface area contributed by atoms with Crippen molar-refractivity contribution in [3.8, 4) is 11.4 Å². The molecule has 2 fully saturated rings. The first kappa shape index (κ1) is 21.3. The average Bonchev–Trinajstić information content (AvgIpc) is 3.34. The number of hydrogen-bond acceptors (Lipinski definition) is 6. The van der Waals surface area contributed by atoms with E-state index in [1.165, 1.54) is 0 Å². The Bertz CT molecular complexity index is 945. The summed E-state index contributed by atoms with van der Waals surface area (Å²) in [5.41, 5.74) is 2.15. The zero-order valence-electron chi connectivity index (χ0n) is 18.8. The van der Waals surface area contributed by atoms with Crippen LogP contribution in [-0.4, -0.2) is 55.6 Å². The fraction of sp³-hybridized carbons (Fsp3) is 0.591. The third-order valence-electron chi connectivity index (χ3n) is 6.05. The van der Waals surface area contributed by atoms with E-state index in [1.807, 2.05) is 40.8 Å². The van der Waals surface area contributed by atoms with Gasteiger partial charge in [0.1, 0.15) is 11.3 Å². The lowest BCUT2D eigenvalue weighted by atomic mass is 10.0. The number of aryl methyl sites for hydroxylation is 2. The van der Waals surface area contributed by atoms with Crippen LogP contribution in [0.15, 0.2) is 18.3 Å². The molecule has 31 heavy (non-hydrogen) atoms. The lowest BCUT2D eigenvalue weighted by Gasteiger charge is -2.25. The summed E-state index contributed by atoms with van der Waals surface area (Å²) in [7, 11) is 1.86. The monoisotopic (exact) mass is 426 g/mol. The smallest absolute Gasteiger partial charge is 0.410 e. The van der Waals surface area contributed by atoms with Crippen LogP contribution >= 0.6 is 0 Å². The first-order valence-electron chi connectivity index (χ1n) is 10.7. The number of ether oxygens (including phenoxy) is 1. The van der Waals surface area contributed by atoms with Crippen molar-refractivity contribution in [2.24, 2.45) is 24.8 Å². The van der Waals surface area contributed by atoms with Gasteiger partial charge in [-0.1, -0.05) is 0 Å². The van der Waals surface area contributed by atoms with Gasteiger partial charge in [0.05, 0.1) is 11.9 Å². The molecule has 1 aliphatic heterocycles. The highest BCUT2D eigenvalue weighted by Gasteiger charge is 2.45. The number of anilines is 1. The second kappa shape index (κ2) is 7.94. The summed E-state index contributed by atoms with van der Waals surface area (Å²) in [4.78, 5) is 26.9. The molecule has 0 bridgehead atoms. The van der Waals surface area contributed by atoms with Gasteiger partial charge in [0.2, 0.25) is 5.91 Å². The molecule has 2 atom stereocenters. The maximum absolute atomic E-state index is 12.8. The van der Waals surface area contributed by atoms with Crippen molar-refractivity contribution in [2.75, 3.05) is 18.4 Å². The highest BCUT2D eigenvalue weighted by atomic mass is 16.6. The van der Waals surface area contributed by atoms with E-state index in [0.717, 1.165) is 24.1 Å². The normalized spacial score (nSPS) is 23.0. The number of aromatic nitrogens is 4. The highest BCUT2D eigenvalue weighted by molar-refractivity contribution is 5.92. The van der Waals surface area contributed by atoms with Gasteiger partial charge in [-0.3, -0.25) is 9.48 Å². The van der Waals surface area contributed by atoms with Gasteiger partial charge in [-0.2, -0.15) is 5.10 Å². The number of rotatable bonds is 3. The van der Waals surface area contributed by atoms with E-state index >= 15 is 0 Å². The molecule has 1 aliphatic carbocycles. The molecule has 2 aromatic heterocycles. The van der Waals surface area contributed by atoms with Crippen LogP contribution < -0.4 is 5.32 Å². The maximum atomic E-state index is 12.8. The summed E-state index contributed by atoms with van der Waals surface area (Å²) in [6.45, 7) is 8.89. The quantitative estimate of drug-likeness (QED) is 0.809. The van der Waals surface area contributed by atoms with Crippen LogP contribution in [0, 0.1) is 24.7 Å². The summed E-state index contributed by atoms with van der Waals surface area (Å²) in [5.74, 6) is 1.02. The summed E-state index contributed by atoms with van der Waals surface area (Å²) in [6, 6.07) is 3.61. The van der Waals surface area contributed by atoms with Crippen molar-refractivity contribution in [3.05, 3.63) is 23.9 Å². The maximum Gasteiger partial charge on any atom is 0.410 e. The topological polar surface area (TPSA) is 102 Å². The molecule has 0 aromatic carbocycles. The van der Waals surface area contributed by atoms with Gasteiger partial charge < -0.3 is 15.0 Å². The lowest BCUT2D eigenvalue weighted by molar-refractivity contribution is -0.119. The molecule has 1 saturated carbocycles. The summed E-state index contributed by atoms with van der Waals surface area (Å²) < 4.78 is 7.24. The van der Waals surface area contributed by atoms with Crippen LogP contribution in [0.3, 0.4) is 0 Å². The van der Waals surface area contributed by atoms with Crippen molar-refractivity contribution >= 4 is 17.8 Å². The van der Waals surface area contributed by atoms with E-state index in [4.69, 9.17) is 4.74 Å². The van der Waals surface area contributed by atoms with Gasteiger partial charge in [0.15, 0.2) is 5.82 Å². The molecule has 0 spiro atoms. The number of hydrogen-bond donors (Lipinski definition) is 1. The largest absolute Gasteiger partial charge is 0.444 e. The number of carbonyl (C=O) groups excluding carboxylic acids is 2. The van der Waals surface area contributed by atoms with E-state index < -0.39 is 5.60 Å². The van der Waals surface area contributed by atoms with Gasteiger partial charge in [-0.25, -0.2) is 4.79 Å². The van der Waals surface area contributed by atoms with Gasteiger partial charge in [0.25, 0.3) is 0 Å². The minimum Gasteiger partial charge on any atom is -0.444 e. The number of nitrogens with zero attached hydrogens (tertiary/aromatic N) is 5. The first-order chi connectivity index (χ1) is 14.6. The van der Waals surface area contributed by atoms with E-state index in [1.54, 1.807) is 21.8 Å². The Hall–Kier alpha value is -2.97. The molecular weight excluding hydrogens is 396 g/mol. The zero-order valence-corrected chi connectivity index (χ0v) is 18.8. The predicted octanol–water partition coefficient (Wildman–Crippen LogP) is 3.02. The Morgan fingerprint density at radius 2 is 1.81 bits per heavy atom. The Labute approximate surface area is 182 Å². The zero-order chi connectivity index (χ0) is 22.3. The van der Waals surface area contributed by atoms with E-state index in [0.29, 0.717) is 36.4 Å². The first-order valence-corrected chi connectivity index (χ1v) is 10.7. The number of amides is 2. The molecule has 1 N–H and O–H groups in total. The Kier molecular flexibility index (Phi) is 5.45. The molecule has 2 unspecified atom stereocenters. The molecule has 9 nitrogen and oxygen atoms in total. The third kappa shape index (κ3) is 4.55. The van der Waals surface area contributed by atoms with Gasteiger partial charge in [0, 0.05) is 26.1 Å². The number of likely N-dealkylation sites (tertiary alicyclic amines) is 1. The Balaban J connectivity index is 1.32. The molecule has 2 aromatic rings. The van der Waals surface area contributed by atoms with Gasteiger partial charge in [-0.15, -0.1) is 10.2 Å². The van der Waals surface area contributed by atoms with E-state index in [-0.39, 0.29) is 17.9 Å². The van der Waals surface area contributed by atoms with Crippen molar-refractivity contribution in [1.29, 1.82) is 0 Å². The van der Waals surface area contributed by atoms with Crippen LogP contribution in [0.25, 0.3) is 11.4 Å². The van der Waals surface area contributed by atoms with Gasteiger partial charge in [-0.05, 0) is 70.1 Å². The van der Waals surface area contributed by atoms with Crippen molar-refractivity contribution in [1.82, 2.24) is 24.9 Å². The molecule has 9 heteroatoms. The minimum atomic E-state index is -0.497. The van der Waals surface area contributed by atoms with Crippen LogP contribution in [0.5, 0.6) is 0 Å². The van der Waals surface area contributed by atoms with Crippen LogP contribution in [0.1, 0.15) is 39.2 Å². The van der Waals surface area contributed by atoms with Crippen LogP contribution in [0.4, 0.5) is 10.6 Å². The number of nitrogens with one attached hydrogen (secondary N) is 1.